The van der Waals surface area contributed by atoms with Crippen LogP contribution in [-0.4, -0.2) is 37.4 Å². The molecule has 3 N–H and O–H groups in total. The van der Waals surface area contributed by atoms with Gasteiger partial charge in [0.2, 0.25) is 11.1 Å². The average Bonchev–Trinajstić information content (AvgIpc) is 2.63. The van der Waals surface area contributed by atoms with E-state index >= 15 is 0 Å². The summed E-state index contributed by atoms with van der Waals surface area (Å²) in [5, 5.41) is 13.3. The van der Waals surface area contributed by atoms with Crippen molar-refractivity contribution >= 4 is 23.7 Å². The summed E-state index contributed by atoms with van der Waals surface area (Å²) in [6.07, 6.45) is 0. The van der Waals surface area contributed by atoms with Crippen molar-refractivity contribution in [1.29, 1.82) is 0 Å². The highest BCUT2D eigenvalue weighted by Crippen LogP contribution is 2.20. The van der Waals surface area contributed by atoms with Gasteiger partial charge in [0.15, 0.2) is 0 Å². The number of imide groups is 1. The maximum absolute atomic E-state index is 11.5. The minimum atomic E-state index is -0.866. The SMILES string of the molecule is CC(C)Cn1nnnc1S[C@H](C)C(=O)NC(N)=O. The van der Waals surface area contributed by atoms with Crippen LogP contribution in [0.3, 0.4) is 0 Å². The molecule has 3 amide bonds. The van der Waals surface area contributed by atoms with Crippen LogP contribution in [0.1, 0.15) is 20.8 Å². The number of nitrogens with two attached hydrogens (primary N) is 1. The van der Waals surface area contributed by atoms with Gasteiger partial charge in [0, 0.05) is 6.54 Å². The van der Waals surface area contributed by atoms with Crippen molar-refractivity contribution in [3.05, 3.63) is 0 Å². The number of nitrogens with zero attached hydrogens (tertiary/aromatic N) is 4. The summed E-state index contributed by atoms with van der Waals surface area (Å²) in [6, 6.07) is -0.866. The highest BCUT2D eigenvalue weighted by Gasteiger charge is 2.19. The number of urea groups is 1. The molecule has 0 aliphatic rings. The number of carbonyl (C=O) groups excluding carboxylic acids is 2. The van der Waals surface area contributed by atoms with Gasteiger partial charge in [-0.3, -0.25) is 10.1 Å². The third-order valence-electron chi connectivity index (χ3n) is 1.93. The Hall–Kier alpha value is -1.64. The Bertz CT molecular complexity index is 432. The fraction of sp³-hybridized carbons (Fsp3) is 0.667. The van der Waals surface area contributed by atoms with Crippen LogP contribution in [0.2, 0.25) is 0 Å². The fourth-order valence-corrected chi connectivity index (χ4v) is 1.97. The molecular formula is C9H16N6O2S. The third-order valence-corrected chi connectivity index (χ3v) is 3.01. The first-order valence-corrected chi connectivity index (χ1v) is 6.31. The molecular weight excluding hydrogens is 256 g/mol. The van der Waals surface area contributed by atoms with Crippen LogP contribution in [-0.2, 0) is 11.3 Å². The Balaban J connectivity index is 2.64. The van der Waals surface area contributed by atoms with E-state index in [2.05, 4.69) is 15.5 Å². The van der Waals surface area contributed by atoms with E-state index in [-0.39, 0.29) is 0 Å². The number of aromatic nitrogens is 4. The molecule has 0 unspecified atom stereocenters. The number of rotatable bonds is 5. The molecule has 1 heterocycles. The first-order valence-electron chi connectivity index (χ1n) is 5.43. The van der Waals surface area contributed by atoms with E-state index in [0.29, 0.717) is 17.6 Å². The number of thioether (sulfide) groups is 1. The quantitative estimate of drug-likeness (QED) is 0.729. The minimum absolute atomic E-state index is 0.391. The topological polar surface area (TPSA) is 116 Å². The molecule has 0 spiro atoms. The Labute approximate surface area is 109 Å². The van der Waals surface area contributed by atoms with Crippen LogP contribution in [0.5, 0.6) is 0 Å². The lowest BCUT2D eigenvalue weighted by Crippen LogP contribution is -2.39. The first kappa shape index (κ1) is 14.4. The van der Waals surface area contributed by atoms with Crippen LogP contribution in [0, 0.1) is 5.92 Å². The first-order chi connectivity index (χ1) is 8.40. The molecule has 18 heavy (non-hydrogen) atoms. The monoisotopic (exact) mass is 272 g/mol. The van der Waals surface area contributed by atoms with E-state index in [1.54, 1.807) is 11.6 Å². The van der Waals surface area contributed by atoms with E-state index < -0.39 is 17.2 Å². The second-order valence-electron chi connectivity index (χ2n) is 4.15. The number of hydrogen-bond donors (Lipinski definition) is 2. The van der Waals surface area contributed by atoms with Crippen LogP contribution in [0.25, 0.3) is 0 Å². The zero-order valence-corrected chi connectivity index (χ0v) is 11.3. The maximum Gasteiger partial charge on any atom is 0.318 e. The van der Waals surface area contributed by atoms with Crippen molar-refractivity contribution in [3.8, 4) is 0 Å². The summed E-state index contributed by atoms with van der Waals surface area (Å²) in [7, 11) is 0. The highest BCUT2D eigenvalue weighted by molar-refractivity contribution is 8.00. The molecule has 0 radical (unpaired) electrons. The molecule has 0 saturated carbocycles. The second-order valence-corrected chi connectivity index (χ2v) is 5.46. The van der Waals surface area contributed by atoms with E-state index in [4.69, 9.17) is 5.73 Å². The van der Waals surface area contributed by atoms with Crippen LogP contribution in [0.15, 0.2) is 5.16 Å². The Kier molecular flexibility index (Phi) is 5.08. The van der Waals surface area contributed by atoms with Crippen molar-refractivity contribution in [1.82, 2.24) is 25.5 Å². The smallest absolute Gasteiger partial charge is 0.318 e. The van der Waals surface area contributed by atoms with Gasteiger partial charge in [0.05, 0.1) is 5.25 Å². The fourth-order valence-electron chi connectivity index (χ4n) is 1.18. The number of nitrogens with one attached hydrogen (secondary N) is 1. The summed E-state index contributed by atoms with van der Waals surface area (Å²) in [5.74, 6) is -0.0748. The van der Waals surface area contributed by atoms with Crippen molar-refractivity contribution in [2.45, 2.75) is 37.7 Å². The van der Waals surface area contributed by atoms with Gasteiger partial charge in [0.1, 0.15) is 0 Å². The molecule has 1 atom stereocenters. The molecule has 1 rings (SSSR count). The molecule has 0 aromatic carbocycles. The van der Waals surface area contributed by atoms with Crippen molar-refractivity contribution in [2.24, 2.45) is 11.7 Å². The lowest BCUT2D eigenvalue weighted by Gasteiger charge is -2.10. The van der Waals surface area contributed by atoms with E-state index in [0.717, 1.165) is 0 Å². The molecule has 0 bridgehead atoms. The summed E-state index contributed by atoms with van der Waals surface area (Å²) >= 11 is 1.18. The number of primary amides is 1. The number of hydrogen-bond acceptors (Lipinski definition) is 6. The molecule has 9 heteroatoms. The van der Waals surface area contributed by atoms with Crippen LogP contribution < -0.4 is 11.1 Å². The number of tetrazole rings is 1. The lowest BCUT2D eigenvalue weighted by molar-refractivity contribution is -0.119. The normalized spacial score (nSPS) is 12.4. The average molecular weight is 272 g/mol. The summed E-state index contributed by atoms with van der Waals surface area (Å²) in [4.78, 5) is 22.1. The molecule has 0 aliphatic carbocycles. The largest absolute Gasteiger partial charge is 0.351 e. The summed E-state index contributed by atoms with van der Waals surface area (Å²) in [6.45, 7) is 6.40. The van der Waals surface area contributed by atoms with Crippen molar-refractivity contribution in [2.75, 3.05) is 0 Å². The van der Waals surface area contributed by atoms with Gasteiger partial charge in [-0.1, -0.05) is 25.6 Å². The van der Waals surface area contributed by atoms with E-state index in [9.17, 15) is 9.59 Å². The molecule has 8 nitrogen and oxygen atoms in total. The van der Waals surface area contributed by atoms with E-state index in [1.807, 2.05) is 19.2 Å². The standard InChI is InChI=1S/C9H16N6O2S/c1-5(2)4-15-9(12-13-14-15)18-6(3)7(16)11-8(10)17/h5-6H,4H2,1-3H3,(H3,10,11,16,17)/t6-/m1/s1. The summed E-state index contributed by atoms with van der Waals surface area (Å²) < 4.78 is 1.63. The van der Waals surface area contributed by atoms with E-state index in [1.165, 1.54) is 11.8 Å². The van der Waals surface area contributed by atoms with Crippen molar-refractivity contribution in [3.63, 3.8) is 0 Å². The number of carbonyl (C=O) groups is 2. The maximum atomic E-state index is 11.5. The molecule has 1 aromatic heterocycles. The summed E-state index contributed by atoms with van der Waals surface area (Å²) in [5.41, 5.74) is 4.87. The van der Waals surface area contributed by atoms with Gasteiger partial charge in [0.25, 0.3) is 0 Å². The highest BCUT2D eigenvalue weighted by atomic mass is 32.2. The van der Waals surface area contributed by atoms with Crippen molar-refractivity contribution < 1.29 is 9.59 Å². The minimum Gasteiger partial charge on any atom is -0.351 e. The van der Waals surface area contributed by atoms with Gasteiger partial charge in [-0.05, 0) is 23.3 Å². The third kappa shape index (κ3) is 4.32. The lowest BCUT2D eigenvalue weighted by atomic mass is 10.2. The Morgan fingerprint density at radius 1 is 1.44 bits per heavy atom. The van der Waals surface area contributed by atoms with Crippen LogP contribution in [0.4, 0.5) is 4.79 Å². The Morgan fingerprint density at radius 3 is 2.67 bits per heavy atom. The molecule has 1 aromatic rings. The molecule has 100 valence electrons. The molecule has 0 aliphatic heterocycles. The van der Waals surface area contributed by atoms with Gasteiger partial charge >= 0.3 is 6.03 Å². The number of amides is 3. The van der Waals surface area contributed by atoms with Gasteiger partial charge < -0.3 is 5.73 Å². The predicted molar refractivity (Wildman–Crippen MR) is 65.7 cm³/mol. The molecule has 0 saturated heterocycles. The zero-order chi connectivity index (χ0) is 13.7. The van der Waals surface area contributed by atoms with Gasteiger partial charge in [-0.15, -0.1) is 5.10 Å². The van der Waals surface area contributed by atoms with Gasteiger partial charge in [-0.2, -0.15) is 0 Å². The van der Waals surface area contributed by atoms with Crippen LogP contribution >= 0.6 is 11.8 Å². The zero-order valence-electron chi connectivity index (χ0n) is 10.5. The van der Waals surface area contributed by atoms with Gasteiger partial charge in [-0.25, -0.2) is 9.48 Å². The second kappa shape index (κ2) is 6.34. The Morgan fingerprint density at radius 2 is 2.11 bits per heavy atom. The molecule has 0 fully saturated rings. The predicted octanol–water partition coefficient (Wildman–Crippen LogP) is 0.00460.